The summed E-state index contributed by atoms with van der Waals surface area (Å²) >= 11 is 3.59. The first-order valence-corrected chi connectivity index (χ1v) is 18.7. The molecule has 51 heavy (non-hydrogen) atoms. The minimum absolute atomic E-state index is 0.0686. The fourth-order valence-corrected chi connectivity index (χ4v) is 7.27. The lowest BCUT2D eigenvalue weighted by molar-refractivity contribution is -0.144. The fraction of sp³-hybridized carbons (Fsp3) is 0.357. The van der Waals surface area contributed by atoms with Gasteiger partial charge >= 0.3 is 11.9 Å². The van der Waals surface area contributed by atoms with Gasteiger partial charge in [-0.1, -0.05) is 92.9 Å². The van der Waals surface area contributed by atoms with Gasteiger partial charge in [0.2, 0.25) is 0 Å². The molecule has 1 aliphatic rings. The summed E-state index contributed by atoms with van der Waals surface area (Å²) in [4.78, 5) is 41.5. The van der Waals surface area contributed by atoms with Gasteiger partial charge in [-0.25, -0.2) is 4.79 Å². The van der Waals surface area contributed by atoms with E-state index in [4.69, 9.17) is 15.2 Å². The van der Waals surface area contributed by atoms with Crippen molar-refractivity contribution < 1.29 is 23.9 Å². The average Bonchev–Trinajstić information content (AvgIpc) is 3.17. The molecule has 2 atom stereocenters. The second-order valence-electron chi connectivity index (χ2n) is 13.1. The number of halogens is 1. The summed E-state index contributed by atoms with van der Waals surface area (Å²) < 4.78 is 12.2. The molecule has 8 nitrogen and oxygen atoms in total. The number of hydrogen-bond acceptors (Lipinski definition) is 8. The molecule has 1 saturated carbocycles. The number of hydrogen-bond donors (Lipinski definition) is 2. The maximum atomic E-state index is 13.4. The van der Waals surface area contributed by atoms with E-state index in [1.807, 2.05) is 65.6 Å². The third kappa shape index (κ3) is 10.1. The lowest BCUT2D eigenvalue weighted by Crippen LogP contribution is -2.32. The molecule has 1 fully saturated rings. The van der Waals surface area contributed by atoms with Gasteiger partial charge in [-0.3, -0.25) is 9.59 Å². The van der Waals surface area contributed by atoms with Crippen molar-refractivity contribution in [2.75, 3.05) is 43.5 Å². The van der Waals surface area contributed by atoms with Crippen LogP contribution in [-0.2, 0) is 14.3 Å². The van der Waals surface area contributed by atoms with Crippen LogP contribution in [0.5, 0.6) is 0 Å². The fourth-order valence-electron chi connectivity index (χ4n) is 6.80. The van der Waals surface area contributed by atoms with Crippen LogP contribution in [0.25, 0.3) is 0 Å². The molecule has 3 N–H and O–H groups in total. The molecule has 0 aliphatic heterocycles. The normalized spacial score (nSPS) is 14.3. The van der Waals surface area contributed by atoms with E-state index in [0.717, 1.165) is 30.6 Å². The molecule has 0 aromatic heterocycles. The number of ether oxygens (including phenoxy) is 2. The van der Waals surface area contributed by atoms with E-state index in [0.29, 0.717) is 51.4 Å². The van der Waals surface area contributed by atoms with Crippen LogP contribution >= 0.6 is 15.9 Å². The van der Waals surface area contributed by atoms with Crippen molar-refractivity contribution in [1.82, 2.24) is 5.32 Å². The maximum Gasteiger partial charge on any atom is 0.338 e. The average molecular weight is 755 g/mol. The highest BCUT2D eigenvalue weighted by Crippen LogP contribution is 2.39. The van der Waals surface area contributed by atoms with Crippen LogP contribution in [0, 0.1) is 5.92 Å². The standard InChI is InChI=1S/C42H48BrN3O5/c1-3-45-39(30-14-7-4-8-15-30)36-27-34(28-37(43)38(36)44)42(49)51-25-23-46(35-20-11-6-12-21-35)22-24-50-41(48)29(2)32-18-13-19-33(26-32)40(47)31-16-9-5-10-17-31/h5-6,9-13,16-21,26-30,39,45H,3-4,7-8,14-15,22-25,44H2,1-2H3. The van der Waals surface area contributed by atoms with E-state index >= 15 is 0 Å². The van der Waals surface area contributed by atoms with Gasteiger partial charge in [0.05, 0.1) is 30.3 Å². The number of nitrogens with zero attached hydrogens (tertiary/aromatic N) is 1. The molecule has 0 saturated heterocycles. The summed E-state index contributed by atoms with van der Waals surface area (Å²) in [5, 5.41) is 3.63. The Morgan fingerprint density at radius 1 is 0.824 bits per heavy atom. The number of anilines is 2. The number of rotatable bonds is 16. The summed E-state index contributed by atoms with van der Waals surface area (Å²) in [6, 6.07) is 29.6. The molecule has 5 rings (SSSR count). The Morgan fingerprint density at radius 3 is 2.16 bits per heavy atom. The molecule has 4 aromatic carbocycles. The molecular weight excluding hydrogens is 706 g/mol. The number of nitrogen functional groups attached to an aromatic ring is 1. The van der Waals surface area contributed by atoms with Gasteiger partial charge in [0, 0.05) is 27.3 Å². The smallest absolute Gasteiger partial charge is 0.338 e. The number of para-hydroxylation sites is 1. The zero-order chi connectivity index (χ0) is 36.2. The number of nitrogens with two attached hydrogens (primary N) is 1. The Balaban J connectivity index is 1.19. The molecule has 0 radical (unpaired) electrons. The highest BCUT2D eigenvalue weighted by molar-refractivity contribution is 9.10. The Labute approximate surface area is 309 Å². The Bertz CT molecular complexity index is 1760. The molecule has 0 bridgehead atoms. The first kappa shape index (κ1) is 37.8. The summed E-state index contributed by atoms with van der Waals surface area (Å²) in [6.45, 7) is 5.74. The van der Waals surface area contributed by atoms with Crippen molar-refractivity contribution in [3.8, 4) is 0 Å². The quantitative estimate of drug-likeness (QED) is 0.0666. The van der Waals surface area contributed by atoms with E-state index in [1.165, 1.54) is 19.3 Å². The van der Waals surface area contributed by atoms with Crippen molar-refractivity contribution in [2.45, 2.75) is 57.9 Å². The van der Waals surface area contributed by atoms with Crippen molar-refractivity contribution in [3.63, 3.8) is 0 Å². The molecule has 0 heterocycles. The van der Waals surface area contributed by atoms with E-state index in [9.17, 15) is 14.4 Å². The summed E-state index contributed by atoms with van der Waals surface area (Å²) in [6.07, 6.45) is 5.94. The summed E-state index contributed by atoms with van der Waals surface area (Å²) in [7, 11) is 0. The summed E-state index contributed by atoms with van der Waals surface area (Å²) in [5.74, 6) is -0.998. The van der Waals surface area contributed by atoms with Gasteiger partial charge < -0.3 is 25.4 Å². The maximum absolute atomic E-state index is 13.4. The van der Waals surface area contributed by atoms with Gasteiger partial charge in [-0.15, -0.1) is 0 Å². The molecular formula is C42H48BrN3O5. The largest absolute Gasteiger partial charge is 0.463 e. The van der Waals surface area contributed by atoms with Gasteiger partial charge in [-0.05, 0) is 89.6 Å². The summed E-state index contributed by atoms with van der Waals surface area (Å²) in [5.41, 5.74) is 11.3. The van der Waals surface area contributed by atoms with Gasteiger partial charge in [0.15, 0.2) is 5.78 Å². The third-order valence-corrected chi connectivity index (χ3v) is 10.3. The molecule has 268 valence electrons. The topological polar surface area (TPSA) is 111 Å². The van der Waals surface area contributed by atoms with E-state index in [1.54, 1.807) is 43.3 Å². The van der Waals surface area contributed by atoms with E-state index in [-0.39, 0.29) is 31.0 Å². The number of esters is 2. The second kappa shape index (κ2) is 18.7. The zero-order valence-electron chi connectivity index (χ0n) is 29.5. The highest BCUT2D eigenvalue weighted by atomic mass is 79.9. The predicted molar refractivity (Wildman–Crippen MR) is 206 cm³/mol. The molecule has 0 amide bonds. The van der Waals surface area contributed by atoms with Crippen LogP contribution in [-0.4, -0.2) is 50.6 Å². The van der Waals surface area contributed by atoms with E-state index < -0.39 is 11.9 Å². The molecule has 1 aliphatic carbocycles. The first-order chi connectivity index (χ1) is 24.8. The first-order valence-electron chi connectivity index (χ1n) is 17.9. The number of ketones is 1. The van der Waals surface area contributed by atoms with Crippen molar-refractivity contribution in [2.24, 2.45) is 5.92 Å². The third-order valence-electron chi connectivity index (χ3n) is 9.64. The van der Waals surface area contributed by atoms with Crippen LogP contribution in [0.2, 0.25) is 0 Å². The zero-order valence-corrected chi connectivity index (χ0v) is 31.1. The Kier molecular flexibility index (Phi) is 13.8. The molecule has 2 unspecified atom stereocenters. The minimum atomic E-state index is -0.561. The Hall–Kier alpha value is -4.47. The Morgan fingerprint density at radius 2 is 1.47 bits per heavy atom. The van der Waals surface area contributed by atoms with Crippen molar-refractivity contribution in [1.29, 1.82) is 0 Å². The van der Waals surface area contributed by atoms with Crippen molar-refractivity contribution in [3.05, 3.63) is 129 Å². The lowest BCUT2D eigenvalue weighted by atomic mass is 9.80. The van der Waals surface area contributed by atoms with Gasteiger partial charge in [-0.2, -0.15) is 0 Å². The number of carbonyl (C=O) groups excluding carboxylic acids is 3. The molecule has 9 heteroatoms. The van der Waals surface area contributed by atoms with Crippen LogP contribution < -0.4 is 16.0 Å². The van der Waals surface area contributed by atoms with E-state index in [2.05, 4.69) is 28.2 Å². The molecule has 0 spiro atoms. The van der Waals surface area contributed by atoms with Gasteiger partial charge in [0.1, 0.15) is 13.2 Å². The van der Waals surface area contributed by atoms with Gasteiger partial charge in [0.25, 0.3) is 0 Å². The predicted octanol–water partition coefficient (Wildman–Crippen LogP) is 8.50. The number of carbonyl (C=O) groups is 3. The monoisotopic (exact) mass is 753 g/mol. The van der Waals surface area contributed by atoms with Crippen LogP contribution in [0.3, 0.4) is 0 Å². The SMILES string of the molecule is CCNC(c1cc(C(=O)OCCN(CCOC(=O)C(C)c2cccc(C(=O)c3ccccc3)c2)c2ccccc2)cc(Br)c1N)C1CCCCC1. The minimum Gasteiger partial charge on any atom is -0.463 e. The van der Waals surface area contributed by atoms with Crippen molar-refractivity contribution >= 4 is 45.0 Å². The number of nitrogens with one attached hydrogen (secondary N) is 1. The molecule has 4 aromatic rings. The lowest BCUT2D eigenvalue weighted by Gasteiger charge is -2.32. The van der Waals surface area contributed by atoms with Crippen LogP contribution in [0.1, 0.15) is 95.3 Å². The van der Waals surface area contributed by atoms with Crippen LogP contribution in [0.4, 0.5) is 11.4 Å². The van der Waals surface area contributed by atoms with Crippen LogP contribution in [0.15, 0.2) is 102 Å². The highest BCUT2D eigenvalue weighted by Gasteiger charge is 2.28. The number of benzene rings is 4. The second-order valence-corrected chi connectivity index (χ2v) is 13.9.